The van der Waals surface area contributed by atoms with E-state index in [0.717, 1.165) is 5.57 Å². The first-order valence-electron chi connectivity index (χ1n) is 6.55. The van der Waals surface area contributed by atoms with Crippen LogP contribution in [0.25, 0.3) is 0 Å². The second-order valence-corrected chi connectivity index (χ2v) is 5.15. The molecule has 0 radical (unpaired) electrons. The SMILES string of the molecule is CCOC1(Cl)C=CC(COCc2ccccc2)=CC1. The van der Waals surface area contributed by atoms with Gasteiger partial charge in [0, 0.05) is 13.0 Å². The first-order chi connectivity index (χ1) is 9.22. The van der Waals surface area contributed by atoms with Crippen LogP contribution in [0.3, 0.4) is 0 Å². The normalized spacial score (nSPS) is 22.3. The Morgan fingerprint density at radius 2 is 2.00 bits per heavy atom. The molecule has 1 aromatic carbocycles. The van der Waals surface area contributed by atoms with Crippen molar-refractivity contribution in [1.82, 2.24) is 0 Å². The first-order valence-corrected chi connectivity index (χ1v) is 6.92. The van der Waals surface area contributed by atoms with Gasteiger partial charge < -0.3 is 9.47 Å². The Balaban J connectivity index is 1.77. The lowest BCUT2D eigenvalue weighted by Crippen LogP contribution is -2.24. The largest absolute Gasteiger partial charge is 0.372 e. The highest BCUT2D eigenvalue weighted by molar-refractivity contribution is 6.24. The number of ether oxygens (including phenoxy) is 2. The molecule has 2 rings (SSSR count). The number of benzene rings is 1. The summed E-state index contributed by atoms with van der Waals surface area (Å²) in [5.41, 5.74) is 2.33. The molecule has 0 fully saturated rings. The highest BCUT2D eigenvalue weighted by atomic mass is 35.5. The number of hydrogen-bond donors (Lipinski definition) is 0. The van der Waals surface area contributed by atoms with E-state index in [-0.39, 0.29) is 0 Å². The number of rotatable bonds is 6. The van der Waals surface area contributed by atoms with Gasteiger partial charge in [-0.1, -0.05) is 54.1 Å². The molecule has 1 aliphatic rings. The maximum atomic E-state index is 6.28. The summed E-state index contributed by atoms with van der Waals surface area (Å²) in [7, 11) is 0. The summed E-state index contributed by atoms with van der Waals surface area (Å²) >= 11 is 6.28. The summed E-state index contributed by atoms with van der Waals surface area (Å²) in [6.45, 7) is 3.79. The molecule has 2 nitrogen and oxygen atoms in total. The van der Waals surface area contributed by atoms with Crippen molar-refractivity contribution in [2.24, 2.45) is 0 Å². The third-order valence-corrected chi connectivity index (χ3v) is 3.34. The van der Waals surface area contributed by atoms with Crippen molar-refractivity contribution in [3.8, 4) is 0 Å². The third-order valence-electron chi connectivity index (χ3n) is 2.95. The van der Waals surface area contributed by atoms with Crippen molar-refractivity contribution in [3.63, 3.8) is 0 Å². The molecule has 0 spiro atoms. The summed E-state index contributed by atoms with van der Waals surface area (Å²) in [5.74, 6) is 0. The lowest BCUT2D eigenvalue weighted by molar-refractivity contribution is 0.0640. The predicted octanol–water partition coefficient (Wildman–Crippen LogP) is 4.06. The average Bonchev–Trinajstić information content (AvgIpc) is 2.43. The quantitative estimate of drug-likeness (QED) is 0.731. The summed E-state index contributed by atoms with van der Waals surface area (Å²) in [6, 6.07) is 10.2. The molecular formula is C16H19ClO2. The molecule has 1 aromatic rings. The van der Waals surface area contributed by atoms with Crippen LogP contribution in [0.15, 0.2) is 54.1 Å². The van der Waals surface area contributed by atoms with Crippen molar-refractivity contribution >= 4 is 11.6 Å². The van der Waals surface area contributed by atoms with Gasteiger partial charge in [0.15, 0.2) is 5.06 Å². The van der Waals surface area contributed by atoms with Crippen LogP contribution in [0.4, 0.5) is 0 Å². The van der Waals surface area contributed by atoms with E-state index in [1.807, 2.05) is 37.3 Å². The van der Waals surface area contributed by atoms with Gasteiger partial charge in [-0.15, -0.1) is 0 Å². The van der Waals surface area contributed by atoms with E-state index in [4.69, 9.17) is 21.1 Å². The second kappa shape index (κ2) is 6.90. The van der Waals surface area contributed by atoms with Crippen molar-refractivity contribution < 1.29 is 9.47 Å². The molecule has 0 aliphatic heterocycles. The minimum Gasteiger partial charge on any atom is -0.372 e. The standard InChI is InChI=1S/C16H19ClO2/c1-2-19-16(17)10-8-15(9-11-16)13-18-12-14-6-4-3-5-7-14/h3-10H,2,11-13H2,1H3. The van der Waals surface area contributed by atoms with Crippen molar-refractivity contribution in [3.05, 3.63) is 59.7 Å². The molecule has 0 N–H and O–H groups in total. The Hall–Kier alpha value is -1.09. The second-order valence-electron chi connectivity index (χ2n) is 4.51. The van der Waals surface area contributed by atoms with E-state index in [1.165, 1.54) is 5.56 Å². The highest BCUT2D eigenvalue weighted by Crippen LogP contribution is 2.29. The van der Waals surface area contributed by atoms with Gasteiger partial charge in [0.1, 0.15) is 0 Å². The summed E-state index contributed by atoms with van der Waals surface area (Å²) in [4.78, 5) is 0. The van der Waals surface area contributed by atoms with Crippen molar-refractivity contribution in [2.75, 3.05) is 13.2 Å². The Kier molecular flexibility index (Phi) is 5.20. The molecule has 1 aliphatic carbocycles. The number of hydrogen-bond acceptors (Lipinski definition) is 2. The summed E-state index contributed by atoms with van der Waals surface area (Å²) < 4.78 is 11.2. The van der Waals surface area contributed by atoms with Gasteiger partial charge in [0.25, 0.3) is 0 Å². The van der Waals surface area contributed by atoms with Gasteiger partial charge in [0.05, 0.1) is 13.2 Å². The summed E-state index contributed by atoms with van der Waals surface area (Å²) in [6.07, 6.45) is 6.65. The van der Waals surface area contributed by atoms with E-state index in [2.05, 4.69) is 18.2 Å². The third kappa shape index (κ3) is 4.50. The van der Waals surface area contributed by atoms with Crippen molar-refractivity contribution in [1.29, 1.82) is 0 Å². The number of halogens is 1. The molecule has 0 aromatic heterocycles. The van der Waals surface area contributed by atoms with Crippen LogP contribution in [0, 0.1) is 0 Å². The molecule has 0 heterocycles. The molecule has 1 unspecified atom stereocenters. The summed E-state index contributed by atoms with van der Waals surface area (Å²) in [5, 5.41) is -0.669. The monoisotopic (exact) mass is 278 g/mol. The molecule has 3 heteroatoms. The van der Waals surface area contributed by atoms with Gasteiger partial charge in [0.2, 0.25) is 0 Å². The fraction of sp³-hybridized carbons (Fsp3) is 0.375. The Labute approximate surface area is 119 Å². The van der Waals surface area contributed by atoms with Crippen LogP contribution in [0.1, 0.15) is 18.9 Å². The Bertz CT molecular complexity index is 453. The molecule has 19 heavy (non-hydrogen) atoms. The lowest BCUT2D eigenvalue weighted by atomic mass is 10.1. The molecule has 1 atom stereocenters. The molecule has 0 bridgehead atoms. The van der Waals surface area contributed by atoms with Crippen molar-refractivity contribution in [2.45, 2.75) is 25.0 Å². The minimum absolute atomic E-state index is 0.602. The van der Waals surface area contributed by atoms with Gasteiger partial charge in [-0.2, -0.15) is 0 Å². The van der Waals surface area contributed by atoms with E-state index >= 15 is 0 Å². The van der Waals surface area contributed by atoms with Crippen LogP contribution in [0.2, 0.25) is 0 Å². The zero-order valence-electron chi connectivity index (χ0n) is 11.1. The maximum Gasteiger partial charge on any atom is 0.164 e. The Morgan fingerprint density at radius 1 is 1.21 bits per heavy atom. The topological polar surface area (TPSA) is 18.5 Å². The van der Waals surface area contributed by atoms with Crippen LogP contribution in [-0.2, 0) is 16.1 Å². The van der Waals surface area contributed by atoms with Gasteiger partial charge in [-0.25, -0.2) is 0 Å². The van der Waals surface area contributed by atoms with E-state index in [9.17, 15) is 0 Å². The predicted molar refractivity (Wildman–Crippen MR) is 78.1 cm³/mol. The molecule has 0 amide bonds. The lowest BCUT2D eigenvalue weighted by Gasteiger charge is -2.25. The fourth-order valence-electron chi connectivity index (χ4n) is 1.95. The van der Waals surface area contributed by atoms with Gasteiger partial charge in [-0.3, -0.25) is 0 Å². The van der Waals surface area contributed by atoms with Crippen LogP contribution in [0.5, 0.6) is 0 Å². The molecule has 102 valence electrons. The van der Waals surface area contributed by atoms with Gasteiger partial charge >= 0.3 is 0 Å². The molecule has 0 saturated heterocycles. The average molecular weight is 279 g/mol. The first kappa shape index (κ1) is 14.3. The van der Waals surface area contributed by atoms with E-state index < -0.39 is 5.06 Å². The zero-order valence-corrected chi connectivity index (χ0v) is 11.9. The number of alkyl halides is 1. The van der Waals surface area contributed by atoms with Crippen LogP contribution in [-0.4, -0.2) is 18.3 Å². The zero-order chi connectivity index (χ0) is 13.6. The van der Waals surface area contributed by atoms with Gasteiger partial charge in [-0.05, 0) is 24.1 Å². The van der Waals surface area contributed by atoms with E-state index in [1.54, 1.807) is 0 Å². The van der Waals surface area contributed by atoms with Crippen LogP contribution < -0.4 is 0 Å². The highest BCUT2D eigenvalue weighted by Gasteiger charge is 2.25. The fourth-order valence-corrected chi connectivity index (χ4v) is 2.20. The van der Waals surface area contributed by atoms with E-state index in [0.29, 0.717) is 26.2 Å². The van der Waals surface area contributed by atoms with Crippen LogP contribution >= 0.6 is 11.6 Å². The molecular weight excluding hydrogens is 260 g/mol. The smallest absolute Gasteiger partial charge is 0.164 e. The Morgan fingerprint density at radius 3 is 2.63 bits per heavy atom. The minimum atomic E-state index is -0.669. The molecule has 0 saturated carbocycles. The maximum absolute atomic E-state index is 6.28.